The van der Waals surface area contributed by atoms with Crippen LogP contribution in [0.3, 0.4) is 0 Å². The number of rotatable bonds is 9. The van der Waals surface area contributed by atoms with E-state index in [9.17, 15) is 13.2 Å². The van der Waals surface area contributed by atoms with E-state index in [-0.39, 0.29) is 10.8 Å². The highest BCUT2D eigenvalue weighted by Crippen LogP contribution is 2.19. The third-order valence-corrected chi connectivity index (χ3v) is 7.26. The number of pyridine rings is 1. The van der Waals surface area contributed by atoms with Crippen molar-refractivity contribution in [1.82, 2.24) is 4.73 Å². The van der Waals surface area contributed by atoms with Crippen molar-refractivity contribution >= 4 is 33.9 Å². The average molecular weight is 550 g/mol. The van der Waals surface area contributed by atoms with Crippen LogP contribution in [-0.2, 0) is 16.7 Å². The molecule has 1 heterocycles. The Hall–Kier alpha value is -3.81. The summed E-state index contributed by atoms with van der Waals surface area (Å²) in [6, 6.07) is 24.3. The molecule has 0 aliphatic carbocycles. The molecular formula is C30H28ClNO5S. The molecule has 8 heteroatoms. The molecular weight excluding hydrogens is 522 g/mol. The molecule has 0 amide bonds. The first kappa shape index (κ1) is 27.2. The second kappa shape index (κ2) is 11.7. The van der Waals surface area contributed by atoms with Crippen LogP contribution < -0.4 is 14.6 Å². The quantitative estimate of drug-likeness (QED) is 0.238. The van der Waals surface area contributed by atoms with Crippen LogP contribution in [0.1, 0.15) is 47.7 Å². The van der Waals surface area contributed by atoms with Crippen LogP contribution in [-0.4, -0.2) is 13.1 Å². The van der Waals surface area contributed by atoms with Gasteiger partial charge in [-0.25, -0.2) is 0 Å². The van der Waals surface area contributed by atoms with Gasteiger partial charge in [-0.05, 0) is 83.6 Å². The average Bonchev–Trinajstić information content (AvgIpc) is 2.89. The number of benzene rings is 3. The fourth-order valence-electron chi connectivity index (χ4n) is 3.67. The van der Waals surface area contributed by atoms with Crippen LogP contribution >= 0.6 is 11.6 Å². The molecule has 4 aromatic rings. The number of halogens is 1. The Kier molecular flexibility index (Phi) is 8.39. The van der Waals surface area contributed by atoms with Crippen molar-refractivity contribution in [3.63, 3.8) is 0 Å². The molecule has 0 bridgehead atoms. The van der Waals surface area contributed by atoms with Gasteiger partial charge < -0.3 is 4.74 Å². The molecule has 0 unspecified atom stereocenters. The lowest BCUT2D eigenvalue weighted by Gasteiger charge is -2.13. The van der Waals surface area contributed by atoms with E-state index in [4.69, 9.17) is 20.6 Å². The highest BCUT2D eigenvalue weighted by Gasteiger charge is 2.19. The van der Waals surface area contributed by atoms with Crippen molar-refractivity contribution in [2.24, 2.45) is 0 Å². The Labute approximate surface area is 227 Å². The first-order valence-electron chi connectivity index (χ1n) is 12.0. The normalized spacial score (nSPS) is 11.7. The van der Waals surface area contributed by atoms with Gasteiger partial charge in [0.05, 0.1) is 5.69 Å². The molecule has 0 aliphatic rings. The van der Waals surface area contributed by atoms with Crippen LogP contribution in [0.2, 0.25) is 5.02 Å². The fourth-order valence-corrected chi connectivity index (χ4v) is 4.71. The van der Waals surface area contributed by atoms with Crippen molar-refractivity contribution in [1.29, 1.82) is 0 Å². The topological polar surface area (TPSA) is 74.6 Å². The van der Waals surface area contributed by atoms with E-state index in [2.05, 4.69) is 0 Å². The minimum absolute atomic E-state index is 0.0292. The molecule has 0 fully saturated rings. The molecule has 4 rings (SSSR count). The summed E-state index contributed by atoms with van der Waals surface area (Å²) in [6.07, 6.45) is 3.40. The molecule has 0 atom stereocenters. The monoisotopic (exact) mass is 549 g/mol. The smallest absolute Gasteiger partial charge is 0.357 e. The number of nitrogens with zero attached hydrogens (tertiary/aromatic N) is 1. The fraction of sp³-hybridized carbons (Fsp3) is 0.167. The molecule has 3 aromatic carbocycles. The van der Waals surface area contributed by atoms with Gasteiger partial charge in [-0.1, -0.05) is 67.9 Å². The van der Waals surface area contributed by atoms with Gasteiger partial charge in [0.15, 0.2) is 0 Å². The van der Waals surface area contributed by atoms with Crippen molar-refractivity contribution in [2.75, 3.05) is 0 Å². The highest BCUT2D eigenvalue weighted by atomic mass is 35.5. The Morgan fingerprint density at radius 2 is 1.55 bits per heavy atom. The van der Waals surface area contributed by atoms with E-state index >= 15 is 0 Å². The minimum atomic E-state index is -4.23. The molecule has 0 radical (unpaired) electrons. The van der Waals surface area contributed by atoms with Gasteiger partial charge in [0.25, 0.3) is 5.56 Å². The van der Waals surface area contributed by atoms with Crippen molar-refractivity contribution in [3.05, 3.63) is 128 Å². The molecule has 0 N–H and O–H groups in total. The Morgan fingerprint density at radius 3 is 2.18 bits per heavy atom. The van der Waals surface area contributed by atoms with Crippen LogP contribution in [0.25, 0.3) is 12.2 Å². The van der Waals surface area contributed by atoms with Gasteiger partial charge >= 0.3 is 10.1 Å². The predicted molar refractivity (Wildman–Crippen MR) is 151 cm³/mol. The first-order chi connectivity index (χ1) is 18.1. The van der Waals surface area contributed by atoms with Gasteiger partial charge in [-0.15, -0.1) is 4.73 Å². The van der Waals surface area contributed by atoms with Crippen molar-refractivity contribution in [2.45, 2.75) is 38.2 Å². The zero-order valence-corrected chi connectivity index (χ0v) is 22.9. The van der Waals surface area contributed by atoms with E-state index in [1.165, 1.54) is 18.2 Å². The zero-order chi connectivity index (χ0) is 27.3. The Bertz CT molecular complexity index is 1590. The third-order valence-electron chi connectivity index (χ3n) is 5.81. The molecule has 1 aromatic heterocycles. The summed E-state index contributed by atoms with van der Waals surface area (Å²) in [5.74, 6) is 0.954. The summed E-state index contributed by atoms with van der Waals surface area (Å²) < 4.78 is 37.8. The predicted octanol–water partition coefficient (Wildman–Crippen LogP) is 6.50. The van der Waals surface area contributed by atoms with E-state index in [0.717, 1.165) is 21.4 Å². The summed E-state index contributed by atoms with van der Waals surface area (Å²) >= 11 is 5.92. The molecule has 0 saturated heterocycles. The Morgan fingerprint density at radius 1 is 0.895 bits per heavy atom. The summed E-state index contributed by atoms with van der Waals surface area (Å²) in [4.78, 5) is 12.7. The van der Waals surface area contributed by atoms with Gasteiger partial charge in [0.1, 0.15) is 17.3 Å². The number of aryl methyl sites for hydroxylation is 1. The van der Waals surface area contributed by atoms with Crippen LogP contribution in [0.15, 0.2) is 94.6 Å². The van der Waals surface area contributed by atoms with Crippen molar-refractivity contribution < 1.29 is 17.4 Å². The van der Waals surface area contributed by atoms with Gasteiger partial charge in [-0.3, -0.25) is 9.08 Å². The lowest BCUT2D eigenvalue weighted by atomic mass is 10.0. The molecule has 0 saturated carbocycles. The maximum atomic E-state index is 12.9. The molecule has 0 aliphatic heterocycles. The van der Waals surface area contributed by atoms with Crippen molar-refractivity contribution in [3.8, 4) is 5.75 Å². The molecule has 38 heavy (non-hydrogen) atoms. The largest absolute Gasteiger partial charge is 0.489 e. The van der Waals surface area contributed by atoms with E-state index in [1.54, 1.807) is 37.3 Å². The second-order valence-corrected chi connectivity index (χ2v) is 11.1. The van der Waals surface area contributed by atoms with Gasteiger partial charge in [0, 0.05) is 11.1 Å². The van der Waals surface area contributed by atoms with E-state index < -0.39 is 15.7 Å². The maximum absolute atomic E-state index is 12.9. The summed E-state index contributed by atoms with van der Waals surface area (Å²) in [7, 11) is -4.23. The first-order valence-corrected chi connectivity index (χ1v) is 13.8. The number of ether oxygens (including phenoxy) is 1. The summed E-state index contributed by atoms with van der Waals surface area (Å²) in [6.45, 7) is 6.21. The lowest BCUT2D eigenvalue weighted by molar-refractivity contribution is 0.264. The highest BCUT2D eigenvalue weighted by molar-refractivity contribution is 7.87. The summed E-state index contributed by atoms with van der Waals surface area (Å²) in [5, 5.41) is 0.673. The Balaban J connectivity index is 1.51. The van der Waals surface area contributed by atoms with Gasteiger partial charge in [0.2, 0.25) is 0 Å². The molecule has 6 nitrogen and oxygen atoms in total. The zero-order valence-electron chi connectivity index (χ0n) is 21.3. The molecule has 0 spiro atoms. The molecule has 196 valence electrons. The van der Waals surface area contributed by atoms with E-state index in [1.807, 2.05) is 62.4 Å². The van der Waals surface area contributed by atoms with Crippen LogP contribution in [0.4, 0.5) is 0 Å². The number of hydrogen-bond donors (Lipinski definition) is 0. The minimum Gasteiger partial charge on any atom is -0.489 e. The van der Waals surface area contributed by atoms with Gasteiger partial charge in [-0.2, -0.15) is 8.42 Å². The van der Waals surface area contributed by atoms with E-state index in [0.29, 0.717) is 28.6 Å². The lowest BCUT2D eigenvalue weighted by Crippen LogP contribution is -2.32. The van der Waals surface area contributed by atoms with Crippen LogP contribution in [0.5, 0.6) is 5.75 Å². The third kappa shape index (κ3) is 6.94. The number of hydrogen-bond acceptors (Lipinski definition) is 5. The maximum Gasteiger partial charge on any atom is 0.357 e. The van der Waals surface area contributed by atoms with Crippen LogP contribution in [0, 0.1) is 6.92 Å². The SMILES string of the molecule is Cc1cc(/C=C/c2ccc(OCc3ccc(Cl)cc3)cc2)n(OS(=O)(=O)c2ccc(C(C)C)cc2)c(=O)c1. The standard InChI is InChI=1S/C30H28ClNO5S/c1-21(2)25-9-16-29(17-10-25)38(34,35)37-32-27(18-22(3)19-30(32)33)13-6-23-7-14-28(15-8-23)36-20-24-4-11-26(31)12-5-24/h4-19,21H,20H2,1-3H3/b13-6+. The number of aromatic nitrogens is 1. The second-order valence-electron chi connectivity index (χ2n) is 9.16. The summed E-state index contributed by atoms with van der Waals surface area (Å²) in [5.41, 5.74) is 3.22.